The molecular formula is C12H15NO3S2. The molecule has 0 amide bonds. The van der Waals surface area contributed by atoms with Gasteiger partial charge in [0, 0.05) is 17.9 Å². The highest BCUT2D eigenvalue weighted by Crippen LogP contribution is 2.09. The maximum Gasteiger partial charge on any atom is 0.240 e. The van der Waals surface area contributed by atoms with Crippen molar-refractivity contribution in [3.63, 3.8) is 0 Å². The summed E-state index contributed by atoms with van der Waals surface area (Å²) in [5, 5.41) is 8.55. The van der Waals surface area contributed by atoms with E-state index in [9.17, 15) is 8.42 Å². The van der Waals surface area contributed by atoms with Crippen LogP contribution in [-0.4, -0.2) is 38.7 Å². The lowest BCUT2D eigenvalue weighted by atomic mass is 10.2. The average Bonchev–Trinajstić information content (AvgIpc) is 2.37. The normalized spacial score (nSPS) is 10.8. The van der Waals surface area contributed by atoms with Gasteiger partial charge in [0.25, 0.3) is 0 Å². The monoisotopic (exact) mass is 285 g/mol. The zero-order valence-electron chi connectivity index (χ0n) is 10.0. The summed E-state index contributed by atoms with van der Waals surface area (Å²) in [7, 11) is -3.43. The Labute approximate surface area is 112 Å². The number of hydrogen-bond donors (Lipinski definition) is 2. The van der Waals surface area contributed by atoms with Crippen molar-refractivity contribution < 1.29 is 13.5 Å². The first-order valence-corrected chi connectivity index (χ1v) is 8.16. The van der Waals surface area contributed by atoms with Crippen molar-refractivity contribution >= 4 is 21.8 Å². The molecule has 2 N–H and O–H groups in total. The Morgan fingerprint density at radius 1 is 1.33 bits per heavy atom. The largest absolute Gasteiger partial charge is 0.384 e. The number of rotatable bonds is 5. The van der Waals surface area contributed by atoms with Crippen molar-refractivity contribution in [3.05, 3.63) is 29.8 Å². The summed E-state index contributed by atoms with van der Waals surface area (Å²) in [6, 6.07) is 6.24. The molecule has 0 spiro atoms. The van der Waals surface area contributed by atoms with Crippen LogP contribution in [0.25, 0.3) is 0 Å². The molecule has 0 atom stereocenters. The van der Waals surface area contributed by atoms with Gasteiger partial charge >= 0.3 is 0 Å². The molecule has 0 aliphatic heterocycles. The molecule has 0 aliphatic carbocycles. The smallest absolute Gasteiger partial charge is 0.240 e. The van der Waals surface area contributed by atoms with E-state index in [1.54, 1.807) is 23.9 Å². The van der Waals surface area contributed by atoms with Gasteiger partial charge in [-0.1, -0.05) is 11.8 Å². The van der Waals surface area contributed by atoms with Crippen LogP contribution >= 0.6 is 11.8 Å². The maximum absolute atomic E-state index is 11.8. The fourth-order valence-electron chi connectivity index (χ4n) is 1.22. The molecule has 0 unspecified atom stereocenters. The molecule has 0 radical (unpaired) electrons. The number of aliphatic hydroxyl groups excluding tert-OH is 1. The van der Waals surface area contributed by atoms with E-state index in [4.69, 9.17) is 5.11 Å². The van der Waals surface area contributed by atoms with E-state index in [2.05, 4.69) is 16.6 Å². The third-order valence-corrected chi connectivity index (χ3v) is 4.16. The van der Waals surface area contributed by atoms with Crippen LogP contribution in [0.3, 0.4) is 0 Å². The number of hydrogen-bond acceptors (Lipinski definition) is 4. The second kappa shape index (κ2) is 7.44. The van der Waals surface area contributed by atoms with Gasteiger partial charge in [-0.15, -0.1) is 0 Å². The predicted molar refractivity (Wildman–Crippen MR) is 74.0 cm³/mol. The molecule has 1 aromatic rings. The lowest BCUT2D eigenvalue weighted by molar-refractivity contribution is 0.350. The second-order valence-electron chi connectivity index (χ2n) is 3.37. The van der Waals surface area contributed by atoms with Crippen molar-refractivity contribution in [2.75, 3.05) is 25.2 Å². The third-order valence-electron chi connectivity index (χ3n) is 2.07. The molecule has 98 valence electrons. The molecule has 1 rings (SSSR count). The number of nitrogens with one attached hydrogen (secondary N) is 1. The molecule has 0 saturated heterocycles. The Balaban J connectivity index is 2.78. The molecule has 0 saturated carbocycles. The molecule has 1 aromatic carbocycles. The topological polar surface area (TPSA) is 66.4 Å². The highest BCUT2D eigenvalue weighted by atomic mass is 32.2. The highest BCUT2D eigenvalue weighted by molar-refractivity contribution is 7.98. The Hall–Kier alpha value is -1.00. The van der Waals surface area contributed by atoms with Crippen LogP contribution in [0, 0.1) is 11.8 Å². The van der Waals surface area contributed by atoms with Gasteiger partial charge in [0.15, 0.2) is 0 Å². The fourth-order valence-corrected chi connectivity index (χ4v) is 2.69. The van der Waals surface area contributed by atoms with E-state index in [0.717, 1.165) is 5.75 Å². The van der Waals surface area contributed by atoms with E-state index in [-0.39, 0.29) is 11.5 Å². The first-order valence-electron chi connectivity index (χ1n) is 5.28. The minimum atomic E-state index is -3.43. The molecule has 0 bridgehead atoms. The Morgan fingerprint density at radius 3 is 2.56 bits per heavy atom. The van der Waals surface area contributed by atoms with Gasteiger partial charge in [0.2, 0.25) is 10.0 Å². The number of thioether (sulfide) groups is 1. The molecule has 0 aliphatic rings. The van der Waals surface area contributed by atoms with Crippen LogP contribution in [-0.2, 0) is 10.0 Å². The van der Waals surface area contributed by atoms with Gasteiger partial charge in [-0.05, 0) is 30.5 Å². The molecular weight excluding hydrogens is 270 g/mol. The average molecular weight is 285 g/mol. The molecule has 0 fully saturated rings. The van der Waals surface area contributed by atoms with E-state index in [1.165, 1.54) is 12.1 Å². The van der Waals surface area contributed by atoms with Gasteiger partial charge in [0.1, 0.15) is 6.61 Å². The summed E-state index contributed by atoms with van der Waals surface area (Å²) in [4.78, 5) is 0.221. The van der Waals surface area contributed by atoms with Crippen LogP contribution in [0.2, 0.25) is 0 Å². The SMILES string of the molecule is CSCCNS(=O)(=O)c1ccc(C#CCO)cc1. The number of aliphatic hydroxyl groups is 1. The van der Waals surface area contributed by atoms with Gasteiger partial charge < -0.3 is 5.11 Å². The second-order valence-corrected chi connectivity index (χ2v) is 6.13. The van der Waals surface area contributed by atoms with Gasteiger partial charge in [0.05, 0.1) is 4.90 Å². The summed E-state index contributed by atoms with van der Waals surface area (Å²) < 4.78 is 26.2. The molecule has 18 heavy (non-hydrogen) atoms. The van der Waals surface area contributed by atoms with Crippen LogP contribution in [0.15, 0.2) is 29.2 Å². The van der Waals surface area contributed by atoms with Gasteiger partial charge in [-0.3, -0.25) is 0 Å². The van der Waals surface area contributed by atoms with Crippen LogP contribution in [0.4, 0.5) is 0 Å². The summed E-state index contributed by atoms with van der Waals surface area (Å²) in [6.07, 6.45) is 1.92. The van der Waals surface area contributed by atoms with E-state index in [1.807, 2.05) is 6.26 Å². The summed E-state index contributed by atoms with van der Waals surface area (Å²) in [6.45, 7) is 0.200. The Morgan fingerprint density at radius 2 is 2.00 bits per heavy atom. The lowest BCUT2D eigenvalue weighted by Gasteiger charge is -2.05. The first kappa shape index (κ1) is 15.1. The maximum atomic E-state index is 11.8. The summed E-state index contributed by atoms with van der Waals surface area (Å²) >= 11 is 1.58. The van der Waals surface area contributed by atoms with Crippen molar-refractivity contribution in [1.82, 2.24) is 4.72 Å². The lowest BCUT2D eigenvalue weighted by Crippen LogP contribution is -2.25. The molecule has 0 heterocycles. The minimum absolute atomic E-state index is 0.212. The van der Waals surface area contributed by atoms with Crippen molar-refractivity contribution in [1.29, 1.82) is 0 Å². The van der Waals surface area contributed by atoms with E-state index in [0.29, 0.717) is 12.1 Å². The molecule has 0 aromatic heterocycles. The van der Waals surface area contributed by atoms with Crippen molar-refractivity contribution in [3.8, 4) is 11.8 Å². The predicted octanol–water partition coefficient (Wildman–Crippen LogP) is 0.672. The van der Waals surface area contributed by atoms with Gasteiger partial charge in [-0.2, -0.15) is 11.8 Å². The summed E-state index contributed by atoms with van der Waals surface area (Å²) in [5.74, 6) is 5.94. The zero-order valence-corrected chi connectivity index (χ0v) is 11.6. The standard InChI is InChI=1S/C12H15NO3S2/c1-17-10-8-13-18(15,16)12-6-4-11(5-7-12)3-2-9-14/h4-7,13-14H,8-10H2,1H3. The molecule has 6 heteroatoms. The minimum Gasteiger partial charge on any atom is -0.384 e. The summed E-state index contributed by atoms with van der Waals surface area (Å²) in [5.41, 5.74) is 0.673. The molecule has 4 nitrogen and oxygen atoms in total. The van der Waals surface area contributed by atoms with Crippen molar-refractivity contribution in [2.45, 2.75) is 4.90 Å². The fraction of sp³-hybridized carbons (Fsp3) is 0.333. The third kappa shape index (κ3) is 4.70. The Bertz CT molecular complexity index is 527. The Kier molecular flexibility index (Phi) is 6.22. The number of sulfonamides is 1. The van der Waals surface area contributed by atoms with Gasteiger partial charge in [-0.25, -0.2) is 13.1 Å². The van der Waals surface area contributed by atoms with Crippen LogP contribution in [0.1, 0.15) is 5.56 Å². The first-order chi connectivity index (χ1) is 8.60. The van der Waals surface area contributed by atoms with Crippen molar-refractivity contribution in [2.24, 2.45) is 0 Å². The zero-order chi connectivity index (χ0) is 13.4. The number of benzene rings is 1. The van der Waals surface area contributed by atoms with Crippen LogP contribution in [0.5, 0.6) is 0 Å². The highest BCUT2D eigenvalue weighted by Gasteiger charge is 2.12. The van der Waals surface area contributed by atoms with E-state index >= 15 is 0 Å². The van der Waals surface area contributed by atoms with Crippen LogP contribution < -0.4 is 4.72 Å². The van der Waals surface area contributed by atoms with E-state index < -0.39 is 10.0 Å². The quantitative estimate of drug-likeness (QED) is 0.616.